The van der Waals surface area contributed by atoms with Crippen LogP contribution in [-0.2, 0) is 16.0 Å². The third kappa shape index (κ3) is 8.05. The van der Waals surface area contributed by atoms with Crippen LogP contribution < -0.4 is 21.1 Å². The Balaban J connectivity index is 1.78. The molecule has 0 aliphatic carbocycles. The van der Waals surface area contributed by atoms with Crippen molar-refractivity contribution < 1.29 is 24.2 Å². The summed E-state index contributed by atoms with van der Waals surface area (Å²) in [6, 6.07) is 16.3. The van der Waals surface area contributed by atoms with Gasteiger partial charge in [0.15, 0.2) is 0 Å². The van der Waals surface area contributed by atoms with E-state index < -0.39 is 24.0 Å². The molecule has 8 nitrogen and oxygen atoms in total. The number of amides is 2. The van der Waals surface area contributed by atoms with Crippen LogP contribution in [0.4, 0.5) is 5.69 Å². The lowest BCUT2D eigenvalue weighted by atomic mass is 10.0. The summed E-state index contributed by atoms with van der Waals surface area (Å²) in [6.07, 6.45) is 0.660. The SMILES string of the molecule is CC(C)COc1cc(C(=O)N[C@@H](Cc2ccc3ccccc3c2)C(=O)O)ccc1NC(=O)[C@@H](N)CC(C)C. The molecule has 0 aliphatic rings. The smallest absolute Gasteiger partial charge is 0.326 e. The number of hydrogen-bond donors (Lipinski definition) is 4. The summed E-state index contributed by atoms with van der Waals surface area (Å²) in [6.45, 7) is 8.31. The maximum atomic E-state index is 13.1. The molecule has 0 aromatic heterocycles. The van der Waals surface area contributed by atoms with E-state index in [2.05, 4.69) is 10.6 Å². The van der Waals surface area contributed by atoms with Crippen LogP contribution in [0.3, 0.4) is 0 Å². The van der Waals surface area contributed by atoms with Crippen molar-refractivity contribution in [2.24, 2.45) is 17.6 Å². The van der Waals surface area contributed by atoms with Crippen molar-refractivity contribution in [2.75, 3.05) is 11.9 Å². The van der Waals surface area contributed by atoms with E-state index in [1.54, 1.807) is 6.07 Å². The van der Waals surface area contributed by atoms with E-state index in [9.17, 15) is 19.5 Å². The fourth-order valence-corrected chi connectivity index (χ4v) is 4.03. The third-order valence-corrected chi connectivity index (χ3v) is 5.99. The predicted molar refractivity (Wildman–Crippen MR) is 149 cm³/mol. The summed E-state index contributed by atoms with van der Waals surface area (Å²) < 4.78 is 5.89. The van der Waals surface area contributed by atoms with E-state index in [4.69, 9.17) is 10.5 Å². The fourth-order valence-electron chi connectivity index (χ4n) is 4.03. The first kappa shape index (κ1) is 28.7. The zero-order valence-electron chi connectivity index (χ0n) is 22.4. The van der Waals surface area contributed by atoms with Crippen molar-refractivity contribution in [3.8, 4) is 5.75 Å². The van der Waals surface area contributed by atoms with Gasteiger partial charge in [-0.3, -0.25) is 9.59 Å². The van der Waals surface area contributed by atoms with Gasteiger partial charge in [-0.1, -0.05) is 70.2 Å². The summed E-state index contributed by atoms with van der Waals surface area (Å²) in [7, 11) is 0. The minimum atomic E-state index is -1.13. The maximum Gasteiger partial charge on any atom is 0.326 e. The zero-order chi connectivity index (χ0) is 27.8. The molecule has 8 heteroatoms. The van der Waals surface area contributed by atoms with Gasteiger partial charge in [0, 0.05) is 12.0 Å². The molecule has 0 spiro atoms. The van der Waals surface area contributed by atoms with E-state index >= 15 is 0 Å². The first-order valence-electron chi connectivity index (χ1n) is 12.9. The van der Waals surface area contributed by atoms with Crippen molar-refractivity contribution in [3.63, 3.8) is 0 Å². The highest BCUT2D eigenvalue weighted by Gasteiger charge is 2.23. The van der Waals surface area contributed by atoms with Gasteiger partial charge in [-0.15, -0.1) is 0 Å². The number of nitrogens with one attached hydrogen (secondary N) is 2. The minimum Gasteiger partial charge on any atom is -0.491 e. The van der Waals surface area contributed by atoms with Crippen LogP contribution in [0.1, 0.15) is 50.0 Å². The normalized spacial score (nSPS) is 12.8. The largest absolute Gasteiger partial charge is 0.491 e. The first-order valence-corrected chi connectivity index (χ1v) is 12.9. The predicted octanol–water partition coefficient (Wildman–Crippen LogP) is 4.61. The van der Waals surface area contributed by atoms with Crippen LogP contribution in [0.5, 0.6) is 5.75 Å². The molecular formula is C30H37N3O5. The van der Waals surface area contributed by atoms with Crippen molar-refractivity contribution >= 4 is 34.2 Å². The number of carboxylic acids is 1. The van der Waals surface area contributed by atoms with Crippen molar-refractivity contribution in [1.82, 2.24) is 5.32 Å². The number of carboxylic acid groups (broad SMARTS) is 1. The number of benzene rings is 3. The number of ether oxygens (including phenoxy) is 1. The van der Waals surface area contributed by atoms with Gasteiger partial charge in [0.2, 0.25) is 5.91 Å². The quantitative estimate of drug-likeness (QED) is 0.276. The molecule has 3 aromatic carbocycles. The summed E-state index contributed by atoms with van der Waals surface area (Å²) in [4.78, 5) is 37.7. The summed E-state index contributed by atoms with van der Waals surface area (Å²) in [5.74, 6) is -1.25. The Morgan fingerprint density at radius 2 is 1.63 bits per heavy atom. The number of anilines is 1. The molecule has 38 heavy (non-hydrogen) atoms. The van der Waals surface area contributed by atoms with Crippen LogP contribution in [-0.4, -0.2) is 41.6 Å². The highest BCUT2D eigenvalue weighted by molar-refractivity contribution is 6.00. The molecule has 0 saturated carbocycles. The molecule has 0 heterocycles. The molecule has 0 saturated heterocycles. The van der Waals surface area contributed by atoms with E-state index in [-0.39, 0.29) is 29.7 Å². The molecule has 0 aliphatic heterocycles. The molecule has 2 amide bonds. The summed E-state index contributed by atoms with van der Waals surface area (Å²) >= 11 is 0. The molecule has 5 N–H and O–H groups in total. The highest BCUT2D eigenvalue weighted by Crippen LogP contribution is 2.27. The maximum absolute atomic E-state index is 13.1. The standard InChI is InChI=1S/C30H37N3O5/c1-18(2)13-24(31)29(35)32-25-12-11-23(16-27(25)38-17-19(3)4)28(34)33-26(30(36)37)15-20-9-10-21-7-5-6-8-22(21)14-20/h5-12,14,16,18-19,24,26H,13,15,17,31H2,1-4H3,(H,32,35)(H,33,34)(H,36,37)/t24-,26-/m0/s1. The van der Waals surface area contributed by atoms with Gasteiger partial charge in [-0.2, -0.15) is 0 Å². The van der Waals surface area contributed by atoms with E-state index in [1.807, 2.05) is 70.2 Å². The average Bonchev–Trinajstić information content (AvgIpc) is 2.86. The fraction of sp³-hybridized carbons (Fsp3) is 0.367. The van der Waals surface area contributed by atoms with Crippen molar-refractivity contribution in [1.29, 1.82) is 0 Å². The Bertz CT molecular complexity index is 1290. The van der Waals surface area contributed by atoms with Gasteiger partial charge in [-0.05, 0) is 52.8 Å². The third-order valence-electron chi connectivity index (χ3n) is 5.99. The number of carbonyl (C=O) groups excluding carboxylic acids is 2. The molecule has 3 rings (SSSR count). The molecule has 2 atom stereocenters. The van der Waals surface area contributed by atoms with Crippen molar-refractivity contribution in [2.45, 2.75) is 52.6 Å². The second-order valence-electron chi connectivity index (χ2n) is 10.4. The van der Waals surface area contributed by atoms with Gasteiger partial charge in [0.25, 0.3) is 5.91 Å². The molecule has 0 radical (unpaired) electrons. The molecule has 0 fully saturated rings. The molecule has 202 valence electrons. The average molecular weight is 520 g/mol. The molecule has 0 bridgehead atoms. The Labute approximate surface area is 223 Å². The first-order chi connectivity index (χ1) is 18.0. The second-order valence-corrected chi connectivity index (χ2v) is 10.4. The number of fused-ring (bicyclic) bond motifs is 1. The Morgan fingerprint density at radius 1 is 0.921 bits per heavy atom. The van der Waals surface area contributed by atoms with Gasteiger partial charge < -0.3 is 26.2 Å². The van der Waals surface area contributed by atoms with Gasteiger partial charge >= 0.3 is 5.97 Å². The number of hydrogen-bond acceptors (Lipinski definition) is 5. The second kappa shape index (κ2) is 13.1. The molecule has 3 aromatic rings. The van der Waals surface area contributed by atoms with Crippen LogP contribution in [0.15, 0.2) is 60.7 Å². The van der Waals surface area contributed by atoms with Crippen LogP contribution in [0, 0.1) is 11.8 Å². The van der Waals surface area contributed by atoms with Crippen LogP contribution in [0.25, 0.3) is 10.8 Å². The summed E-state index contributed by atoms with van der Waals surface area (Å²) in [5, 5.41) is 17.3. The minimum absolute atomic E-state index is 0.129. The number of carbonyl (C=O) groups is 3. The number of aliphatic carboxylic acids is 1. The topological polar surface area (TPSA) is 131 Å². The lowest BCUT2D eigenvalue weighted by molar-refractivity contribution is -0.139. The van der Waals surface area contributed by atoms with E-state index in [0.29, 0.717) is 24.5 Å². The number of rotatable bonds is 12. The highest BCUT2D eigenvalue weighted by atomic mass is 16.5. The van der Waals surface area contributed by atoms with Gasteiger partial charge in [0.1, 0.15) is 11.8 Å². The Hall–Kier alpha value is -3.91. The monoisotopic (exact) mass is 519 g/mol. The van der Waals surface area contributed by atoms with Gasteiger partial charge in [0.05, 0.1) is 18.3 Å². The van der Waals surface area contributed by atoms with E-state index in [1.165, 1.54) is 12.1 Å². The lowest BCUT2D eigenvalue weighted by Crippen LogP contribution is -2.42. The summed E-state index contributed by atoms with van der Waals surface area (Å²) in [5.41, 5.74) is 7.44. The Morgan fingerprint density at radius 3 is 2.29 bits per heavy atom. The molecular weight excluding hydrogens is 482 g/mol. The van der Waals surface area contributed by atoms with Crippen molar-refractivity contribution in [3.05, 3.63) is 71.8 Å². The van der Waals surface area contributed by atoms with E-state index in [0.717, 1.165) is 16.3 Å². The zero-order valence-corrected chi connectivity index (χ0v) is 22.4. The van der Waals surface area contributed by atoms with Crippen LogP contribution >= 0.6 is 0 Å². The van der Waals surface area contributed by atoms with Gasteiger partial charge in [-0.25, -0.2) is 4.79 Å². The molecule has 0 unspecified atom stereocenters. The lowest BCUT2D eigenvalue weighted by Gasteiger charge is -2.19. The number of nitrogens with two attached hydrogens (primary N) is 1. The van der Waals surface area contributed by atoms with Crippen LogP contribution in [0.2, 0.25) is 0 Å². The Kier molecular flexibility index (Phi) is 9.85.